The Morgan fingerprint density at radius 1 is 0.696 bits per heavy atom. The molecule has 6 aromatic rings. The quantitative estimate of drug-likeness (QED) is 0.0385. The van der Waals surface area contributed by atoms with Gasteiger partial charge < -0.3 is 20.9 Å². The number of nitrogen functional groups attached to an aromatic ring is 1. The molecule has 0 saturated heterocycles. The van der Waals surface area contributed by atoms with E-state index in [1.165, 1.54) is 0 Å². The van der Waals surface area contributed by atoms with E-state index in [1.807, 2.05) is 63.2 Å². The molecule has 0 aromatic heterocycles. The maximum atomic E-state index is 12.7. The summed E-state index contributed by atoms with van der Waals surface area (Å²) in [6.07, 6.45) is 0.0576. The van der Waals surface area contributed by atoms with Crippen LogP contribution in [-0.4, -0.2) is 36.3 Å². The summed E-state index contributed by atoms with van der Waals surface area (Å²) in [5.74, 6) is -0.478. The third-order valence-corrected chi connectivity index (χ3v) is 9.36. The van der Waals surface area contributed by atoms with Crippen LogP contribution in [0.15, 0.2) is 140 Å². The van der Waals surface area contributed by atoms with Gasteiger partial charge in [-0.3, -0.25) is 9.35 Å². The second kappa shape index (κ2) is 17.1. The van der Waals surface area contributed by atoms with Gasteiger partial charge in [-0.25, -0.2) is 0 Å². The van der Waals surface area contributed by atoms with Gasteiger partial charge in [0.25, 0.3) is 16.0 Å². The summed E-state index contributed by atoms with van der Waals surface area (Å²) in [7, 11) is -4.14. The summed E-state index contributed by atoms with van der Waals surface area (Å²) in [6, 6.07) is 31.5. The predicted octanol–water partition coefficient (Wildman–Crippen LogP) is 11.2. The molecule has 0 unspecified atom stereocenters. The lowest BCUT2D eigenvalue weighted by Crippen LogP contribution is -2.11. The van der Waals surface area contributed by atoms with Gasteiger partial charge >= 0.3 is 0 Å². The molecule has 284 valence electrons. The Kier molecular flexibility index (Phi) is 11.9. The second-order valence-electron chi connectivity index (χ2n) is 12.9. The predicted molar refractivity (Wildman–Crippen MR) is 217 cm³/mol. The smallest absolute Gasteiger partial charge is 0.264 e. The Morgan fingerprint density at radius 3 is 1.95 bits per heavy atom. The van der Waals surface area contributed by atoms with E-state index >= 15 is 0 Å². The van der Waals surface area contributed by atoms with Gasteiger partial charge in [-0.15, -0.1) is 10.2 Å². The molecule has 15 heteroatoms. The molecule has 6 rings (SSSR count). The van der Waals surface area contributed by atoms with Gasteiger partial charge in [0.1, 0.15) is 17.1 Å². The van der Waals surface area contributed by atoms with Crippen molar-refractivity contribution in [3.05, 3.63) is 131 Å². The highest BCUT2D eigenvalue weighted by molar-refractivity contribution is 7.85. The van der Waals surface area contributed by atoms with Crippen molar-refractivity contribution in [2.45, 2.75) is 27.2 Å². The van der Waals surface area contributed by atoms with Crippen LogP contribution in [0.3, 0.4) is 0 Å². The van der Waals surface area contributed by atoms with E-state index in [-0.39, 0.29) is 30.4 Å². The number of amides is 1. The van der Waals surface area contributed by atoms with Crippen molar-refractivity contribution in [3.8, 4) is 11.5 Å². The van der Waals surface area contributed by atoms with E-state index < -0.39 is 15.9 Å². The number of carbonyl (C=O) groups is 1. The summed E-state index contributed by atoms with van der Waals surface area (Å²) < 4.78 is 37.5. The fourth-order valence-corrected chi connectivity index (χ4v) is 5.99. The number of carbonyl (C=O) groups excluding carboxylic acids is 1. The molecule has 0 atom stereocenters. The molecule has 0 aliphatic carbocycles. The van der Waals surface area contributed by atoms with Crippen LogP contribution < -0.4 is 15.8 Å². The number of ether oxygens (including phenoxy) is 1. The largest absolute Gasteiger partial charge is 0.505 e. The zero-order valence-corrected chi connectivity index (χ0v) is 31.5. The van der Waals surface area contributed by atoms with Crippen LogP contribution in [0, 0.1) is 20.8 Å². The lowest BCUT2D eigenvalue weighted by molar-refractivity contribution is 0.102. The Morgan fingerprint density at radius 2 is 1.29 bits per heavy atom. The fourth-order valence-electron chi connectivity index (χ4n) is 5.51. The summed E-state index contributed by atoms with van der Waals surface area (Å²) in [5, 5.41) is 41.5. The highest BCUT2D eigenvalue weighted by Gasteiger charge is 2.13. The lowest BCUT2D eigenvalue weighted by Gasteiger charge is -2.11. The van der Waals surface area contributed by atoms with Crippen LogP contribution in [0.1, 0.15) is 33.5 Å². The van der Waals surface area contributed by atoms with Crippen molar-refractivity contribution >= 4 is 72.3 Å². The molecule has 0 spiro atoms. The highest BCUT2D eigenvalue weighted by Crippen LogP contribution is 2.40. The van der Waals surface area contributed by atoms with Crippen LogP contribution in [0.5, 0.6) is 11.5 Å². The maximum Gasteiger partial charge on any atom is 0.264 e. The van der Waals surface area contributed by atoms with Gasteiger partial charge in [-0.05, 0) is 128 Å². The van der Waals surface area contributed by atoms with Crippen LogP contribution >= 0.6 is 0 Å². The third kappa shape index (κ3) is 10.0. The number of anilines is 2. The minimum atomic E-state index is -4.14. The first-order valence-electron chi connectivity index (χ1n) is 17.4. The number of nitrogens with two attached hydrogens (primary N) is 1. The monoisotopic (exact) mass is 770 g/mol. The number of rotatable bonds is 13. The number of phenolic OH excluding ortho intramolecular Hbond substituents is 1. The molecular formula is C41H38N8O6S. The molecule has 56 heavy (non-hydrogen) atoms. The molecule has 1 amide bonds. The molecule has 0 radical (unpaired) electrons. The van der Waals surface area contributed by atoms with E-state index in [1.54, 1.807) is 66.7 Å². The van der Waals surface area contributed by atoms with Crippen LogP contribution in [-0.2, 0) is 10.1 Å². The zero-order chi connectivity index (χ0) is 39.8. The standard InChI is InChI=1S/C41H38N8O6S/c1-25-21-36(48-49-38-22-27(3)37(46-44-31-8-5-4-6-9-31)24-39(38)55-18-7-19-56(52,53)54)26(2)20-35(25)47-45-34-17-12-29-23-32(15-16-33(29)40(34)50)43-41(51)28-10-13-30(42)14-11-28/h4-6,8-17,20-24,50H,7,18-19,42H2,1-3H3,(H,43,51)(H,52,53,54). The molecule has 0 bridgehead atoms. The van der Waals surface area contributed by atoms with Gasteiger partial charge in [0, 0.05) is 28.4 Å². The van der Waals surface area contributed by atoms with E-state index in [4.69, 9.17) is 15.0 Å². The topological polar surface area (TPSA) is 213 Å². The summed E-state index contributed by atoms with van der Waals surface area (Å²) in [5.41, 5.74) is 12.6. The Hall–Kier alpha value is -6.84. The number of aromatic hydroxyl groups is 1. The Labute approximate surface area is 323 Å². The Balaban J connectivity index is 1.20. The summed E-state index contributed by atoms with van der Waals surface area (Å²) in [6.45, 7) is 5.56. The first kappa shape index (κ1) is 38.9. The van der Waals surface area contributed by atoms with E-state index in [2.05, 4.69) is 36.0 Å². The maximum absolute atomic E-state index is 12.7. The van der Waals surface area contributed by atoms with Crippen molar-refractivity contribution < 1.29 is 27.6 Å². The highest BCUT2D eigenvalue weighted by atomic mass is 32.2. The molecule has 0 fully saturated rings. The number of aryl methyl sites for hydroxylation is 3. The van der Waals surface area contributed by atoms with Gasteiger partial charge in [0.05, 0.1) is 35.1 Å². The van der Waals surface area contributed by atoms with Gasteiger partial charge in [-0.1, -0.05) is 24.3 Å². The number of nitrogens with zero attached hydrogens (tertiary/aromatic N) is 6. The van der Waals surface area contributed by atoms with Crippen molar-refractivity contribution in [1.29, 1.82) is 0 Å². The molecule has 0 saturated carbocycles. The molecule has 0 heterocycles. The number of nitrogens with one attached hydrogen (secondary N) is 1. The molecule has 0 aliphatic rings. The first-order chi connectivity index (χ1) is 26.8. The number of hydrogen-bond acceptors (Lipinski definition) is 12. The minimum Gasteiger partial charge on any atom is -0.505 e. The summed E-state index contributed by atoms with van der Waals surface area (Å²) in [4.78, 5) is 12.7. The number of hydrogen-bond donors (Lipinski definition) is 4. The van der Waals surface area contributed by atoms with Crippen molar-refractivity contribution in [2.75, 3.05) is 23.4 Å². The van der Waals surface area contributed by atoms with E-state index in [0.29, 0.717) is 61.9 Å². The van der Waals surface area contributed by atoms with Gasteiger partial charge in [-0.2, -0.15) is 28.9 Å². The SMILES string of the molecule is Cc1cc(N=Nc2cc(C)c(N=Nc3ccc4cc(NC(=O)c5ccc(N)cc5)ccc4c3O)cc2C)c(OCCCS(=O)(=O)O)cc1N=Nc1ccccc1. The average Bonchev–Trinajstić information content (AvgIpc) is 3.17. The van der Waals surface area contributed by atoms with E-state index in [0.717, 1.165) is 16.7 Å². The summed E-state index contributed by atoms with van der Waals surface area (Å²) >= 11 is 0. The number of phenols is 1. The second-order valence-corrected chi connectivity index (χ2v) is 14.5. The molecule has 14 nitrogen and oxygen atoms in total. The molecule has 0 aliphatic heterocycles. The van der Waals surface area contributed by atoms with Crippen LogP contribution in [0.4, 0.5) is 45.5 Å². The molecular weight excluding hydrogens is 733 g/mol. The lowest BCUT2D eigenvalue weighted by atomic mass is 10.1. The van der Waals surface area contributed by atoms with Gasteiger partial charge in [0.2, 0.25) is 0 Å². The van der Waals surface area contributed by atoms with Crippen LogP contribution in [0.2, 0.25) is 0 Å². The van der Waals surface area contributed by atoms with E-state index in [9.17, 15) is 18.3 Å². The molecule has 6 aromatic carbocycles. The number of fused-ring (bicyclic) bond motifs is 1. The Bertz CT molecular complexity index is 2610. The van der Waals surface area contributed by atoms with Gasteiger partial charge in [0.15, 0.2) is 5.75 Å². The zero-order valence-electron chi connectivity index (χ0n) is 30.7. The normalized spacial score (nSPS) is 11.9. The van der Waals surface area contributed by atoms with Crippen LogP contribution in [0.25, 0.3) is 10.8 Å². The molecule has 5 N–H and O–H groups in total. The number of benzene rings is 6. The minimum absolute atomic E-state index is 0.00417. The van der Waals surface area contributed by atoms with Crippen molar-refractivity contribution in [1.82, 2.24) is 0 Å². The number of azo groups is 3. The third-order valence-electron chi connectivity index (χ3n) is 8.56. The first-order valence-corrected chi connectivity index (χ1v) is 19.0. The van der Waals surface area contributed by atoms with Crippen molar-refractivity contribution in [2.24, 2.45) is 30.7 Å². The van der Waals surface area contributed by atoms with Crippen molar-refractivity contribution in [3.63, 3.8) is 0 Å². The fraction of sp³-hybridized carbons (Fsp3) is 0.146. The average molecular weight is 771 g/mol.